The first-order chi connectivity index (χ1) is 6.91. The molecular formula is C12H15ClO2. The Labute approximate surface area is 94.9 Å². The summed E-state index contributed by atoms with van der Waals surface area (Å²) in [5, 5.41) is 9.50. The molecule has 0 heterocycles. The van der Waals surface area contributed by atoms with Gasteiger partial charge in [0.05, 0.1) is 5.92 Å². The van der Waals surface area contributed by atoms with Crippen LogP contribution in [0, 0.1) is 19.8 Å². The molecular weight excluding hydrogens is 212 g/mol. The predicted octanol–water partition coefficient (Wildman–Crippen LogP) is 3.22. The standard InChI is InChI=1S/C12H15ClO2/c1-7-4-8(2)10(11(13)5-7)6-9(3)12(14)15/h4-5,9H,6H2,1-3H3,(H,14,15). The third kappa shape index (κ3) is 2.96. The molecule has 0 radical (unpaired) electrons. The van der Waals surface area contributed by atoms with Crippen LogP contribution in [-0.4, -0.2) is 11.1 Å². The Bertz CT molecular complexity index is 362. The molecule has 0 aromatic heterocycles. The highest BCUT2D eigenvalue weighted by atomic mass is 35.5. The third-order valence-electron chi connectivity index (χ3n) is 2.49. The summed E-state index contributed by atoms with van der Waals surface area (Å²) in [5.41, 5.74) is 3.11. The zero-order valence-electron chi connectivity index (χ0n) is 9.17. The fourth-order valence-electron chi connectivity index (χ4n) is 1.60. The van der Waals surface area contributed by atoms with E-state index in [1.807, 2.05) is 26.0 Å². The fraction of sp³-hybridized carbons (Fsp3) is 0.417. The summed E-state index contributed by atoms with van der Waals surface area (Å²) in [4.78, 5) is 10.8. The van der Waals surface area contributed by atoms with Gasteiger partial charge in [0.2, 0.25) is 0 Å². The number of hydrogen-bond acceptors (Lipinski definition) is 1. The van der Waals surface area contributed by atoms with Crippen molar-refractivity contribution in [3.63, 3.8) is 0 Å². The summed E-state index contributed by atoms with van der Waals surface area (Å²) >= 11 is 6.09. The van der Waals surface area contributed by atoms with Crippen LogP contribution in [0.25, 0.3) is 0 Å². The lowest BCUT2D eigenvalue weighted by Crippen LogP contribution is -2.13. The van der Waals surface area contributed by atoms with Gasteiger partial charge in [-0.25, -0.2) is 0 Å². The smallest absolute Gasteiger partial charge is 0.306 e. The zero-order valence-corrected chi connectivity index (χ0v) is 9.93. The van der Waals surface area contributed by atoms with Gasteiger partial charge in [-0.05, 0) is 43.0 Å². The maximum absolute atomic E-state index is 10.8. The summed E-state index contributed by atoms with van der Waals surface area (Å²) in [6, 6.07) is 3.90. The number of rotatable bonds is 3. The van der Waals surface area contributed by atoms with Crippen LogP contribution in [0.5, 0.6) is 0 Å². The first kappa shape index (κ1) is 12.1. The molecule has 0 bridgehead atoms. The largest absolute Gasteiger partial charge is 0.481 e. The Morgan fingerprint density at radius 3 is 2.53 bits per heavy atom. The van der Waals surface area contributed by atoms with E-state index >= 15 is 0 Å². The van der Waals surface area contributed by atoms with Crippen LogP contribution in [0.15, 0.2) is 12.1 Å². The molecule has 1 rings (SSSR count). The van der Waals surface area contributed by atoms with Crippen molar-refractivity contribution < 1.29 is 9.90 Å². The maximum Gasteiger partial charge on any atom is 0.306 e. The van der Waals surface area contributed by atoms with E-state index in [4.69, 9.17) is 16.7 Å². The Morgan fingerprint density at radius 1 is 1.47 bits per heavy atom. The molecule has 2 nitrogen and oxygen atoms in total. The summed E-state index contributed by atoms with van der Waals surface area (Å²) in [6.07, 6.45) is 0.486. The predicted molar refractivity (Wildman–Crippen MR) is 61.4 cm³/mol. The molecule has 0 fully saturated rings. The molecule has 15 heavy (non-hydrogen) atoms. The van der Waals surface area contributed by atoms with Gasteiger partial charge in [-0.2, -0.15) is 0 Å². The molecule has 0 spiro atoms. The lowest BCUT2D eigenvalue weighted by Gasteiger charge is -2.12. The first-order valence-corrected chi connectivity index (χ1v) is 5.28. The van der Waals surface area contributed by atoms with Crippen LogP contribution in [-0.2, 0) is 11.2 Å². The van der Waals surface area contributed by atoms with Gasteiger partial charge in [0.1, 0.15) is 0 Å². The Morgan fingerprint density at radius 2 is 2.07 bits per heavy atom. The molecule has 0 saturated heterocycles. The van der Waals surface area contributed by atoms with Crippen molar-refractivity contribution in [1.29, 1.82) is 0 Å². The van der Waals surface area contributed by atoms with Crippen LogP contribution in [0.3, 0.4) is 0 Å². The van der Waals surface area contributed by atoms with E-state index in [2.05, 4.69) is 0 Å². The molecule has 0 aliphatic heterocycles. The molecule has 0 saturated carbocycles. The van der Waals surface area contributed by atoms with Crippen LogP contribution in [0.2, 0.25) is 5.02 Å². The van der Waals surface area contributed by atoms with Crippen LogP contribution < -0.4 is 0 Å². The van der Waals surface area contributed by atoms with Crippen molar-refractivity contribution in [3.05, 3.63) is 33.8 Å². The van der Waals surface area contributed by atoms with Crippen molar-refractivity contribution in [1.82, 2.24) is 0 Å². The molecule has 0 aliphatic carbocycles. The molecule has 82 valence electrons. The van der Waals surface area contributed by atoms with E-state index in [1.165, 1.54) is 0 Å². The highest BCUT2D eigenvalue weighted by molar-refractivity contribution is 6.31. The normalized spacial score (nSPS) is 12.5. The average molecular weight is 227 g/mol. The van der Waals surface area contributed by atoms with Crippen LogP contribution in [0.4, 0.5) is 0 Å². The van der Waals surface area contributed by atoms with E-state index in [0.717, 1.165) is 16.7 Å². The van der Waals surface area contributed by atoms with Gasteiger partial charge >= 0.3 is 5.97 Å². The van der Waals surface area contributed by atoms with Crippen molar-refractivity contribution in [2.75, 3.05) is 0 Å². The number of carboxylic acid groups (broad SMARTS) is 1. The van der Waals surface area contributed by atoms with E-state index in [0.29, 0.717) is 11.4 Å². The topological polar surface area (TPSA) is 37.3 Å². The molecule has 1 aromatic carbocycles. The van der Waals surface area contributed by atoms with Crippen molar-refractivity contribution in [2.24, 2.45) is 5.92 Å². The van der Waals surface area contributed by atoms with Gasteiger partial charge in [0.15, 0.2) is 0 Å². The van der Waals surface area contributed by atoms with Gasteiger partial charge in [-0.15, -0.1) is 0 Å². The average Bonchev–Trinajstić information content (AvgIpc) is 2.10. The minimum Gasteiger partial charge on any atom is -0.481 e. The SMILES string of the molecule is Cc1cc(C)c(CC(C)C(=O)O)c(Cl)c1. The van der Waals surface area contributed by atoms with Crippen molar-refractivity contribution in [3.8, 4) is 0 Å². The number of aliphatic carboxylic acids is 1. The van der Waals surface area contributed by atoms with E-state index in [-0.39, 0.29) is 0 Å². The van der Waals surface area contributed by atoms with Crippen LogP contribution in [0.1, 0.15) is 23.6 Å². The number of carbonyl (C=O) groups is 1. The zero-order chi connectivity index (χ0) is 11.6. The van der Waals surface area contributed by atoms with Gasteiger partial charge in [0.25, 0.3) is 0 Å². The minimum absolute atomic E-state index is 0.399. The minimum atomic E-state index is -0.786. The maximum atomic E-state index is 10.8. The molecule has 3 heteroatoms. The number of benzene rings is 1. The molecule has 0 aliphatic rings. The van der Waals surface area contributed by atoms with Crippen molar-refractivity contribution in [2.45, 2.75) is 27.2 Å². The molecule has 1 unspecified atom stereocenters. The molecule has 1 atom stereocenters. The summed E-state index contributed by atoms with van der Waals surface area (Å²) in [6.45, 7) is 5.63. The lowest BCUT2D eigenvalue weighted by atomic mass is 9.96. The second-order valence-corrected chi connectivity index (χ2v) is 4.39. The van der Waals surface area contributed by atoms with E-state index in [1.54, 1.807) is 6.92 Å². The van der Waals surface area contributed by atoms with Gasteiger partial charge in [0, 0.05) is 5.02 Å². The molecule has 1 aromatic rings. The summed E-state index contributed by atoms with van der Waals surface area (Å²) in [5.74, 6) is -1.19. The van der Waals surface area contributed by atoms with Gasteiger partial charge < -0.3 is 5.11 Å². The lowest BCUT2D eigenvalue weighted by molar-refractivity contribution is -0.141. The summed E-state index contributed by atoms with van der Waals surface area (Å²) < 4.78 is 0. The van der Waals surface area contributed by atoms with E-state index < -0.39 is 11.9 Å². The second kappa shape index (κ2) is 4.67. The molecule has 0 amide bonds. The van der Waals surface area contributed by atoms with E-state index in [9.17, 15) is 4.79 Å². The fourth-order valence-corrected chi connectivity index (χ4v) is 2.00. The van der Waals surface area contributed by atoms with Gasteiger partial charge in [-0.3, -0.25) is 4.79 Å². The van der Waals surface area contributed by atoms with Crippen LogP contribution >= 0.6 is 11.6 Å². The number of carboxylic acids is 1. The first-order valence-electron chi connectivity index (χ1n) is 4.90. The molecule has 1 N–H and O–H groups in total. The highest BCUT2D eigenvalue weighted by Gasteiger charge is 2.15. The monoisotopic (exact) mass is 226 g/mol. The highest BCUT2D eigenvalue weighted by Crippen LogP contribution is 2.24. The van der Waals surface area contributed by atoms with Gasteiger partial charge in [-0.1, -0.05) is 24.6 Å². The number of aryl methyl sites for hydroxylation is 2. The Balaban J connectivity index is 3.00. The quantitative estimate of drug-likeness (QED) is 0.859. The number of halogens is 1. The Hall–Kier alpha value is -1.02. The number of hydrogen-bond donors (Lipinski definition) is 1. The van der Waals surface area contributed by atoms with Crippen molar-refractivity contribution >= 4 is 17.6 Å². The Kier molecular flexibility index (Phi) is 3.75. The third-order valence-corrected chi connectivity index (χ3v) is 2.83. The second-order valence-electron chi connectivity index (χ2n) is 3.99. The summed E-state index contributed by atoms with van der Waals surface area (Å²) in [7, 11) is 0.